The first-order chi connectivity index (χ1) is 11.0. The Labute approximate surface area is 132 Å². The molecule has 0 radical (unpaired) electrons. The van der Waals surface area contributed by atoms with Gasteiger partial charge < -0.3 is 10.1 Å². The topological polar surface area (TPSA) is 81.5 Å². The first-order valence-electron chi connectivity index (χ1n) is 6.97. The van der Waals surface area contributed by atoms with Crippen molar-refractivity contribution in [1.29, 1.82) is 0 Å². The fourth-order valence-corrected chi connectivity index (χ4v) is 1.92. The lowest BCUT2D eigenvalue weighted by Crippen LogP contribution is -2.32. The predicted molar refractivity (Wildman–Crippen MR) is 82.8 cm³/mol. The van der Waals surface area contributed by atoms with Crippen LogP contribution in [-0.2, 0) is 4.79 Å². The summed E-state index contributed by atoms with van der Waals surface area (Å²) in [6.07, 6.45) is -0.405. The maximum absolute atomic E-state index is 12.9. The molecule has 23 heavy (non-hydrogen) atoms. The van der Waals surface area contributed by atoms with Crippen molar-refractivity contribution in [3.8, 4) is 5.75 Å². The van der Waals surface area contributed by atoms with Crippen LogP contribution >= 0.6 is 0 Å². The minimum Gasteiger partial charge on any atom is -0.481 e. The van der Waals surface area contributed by atoms with E-state index in [1.165, 1.54) is 42.5 Å². The van der Waals surface area contributed by atoms with Gasteiger partial charge in [-0.05, 0) is 36.8 Å². The summed E-state index contributed by atoms with van der Waals surface area (Å²) in [4.78, 5) is 22.4. The van der Waals surface area contributed by atoms with Gasteiger partial charge >= 0.3 is 0 Å². The number of rotatable bonds is 6. The second-order valence-corrected chi connectivity index (χ2v) is 4.77. The first-order valence-corrected chi connectivity index (χ1v) is 6.97. The number of nitrogens with zero attached hydrogens (tertiary/aromatic N) is 1. The summed E-state index contributed by atoms with van der Waals surface area (Å²) in [5.41, 5.74) is 0.195. The second kappa shape index (κ2) is 7.35. The number of amides is 1. The predicted octanol–water partition coefficient (Wildman–Crippen LogP) is 3.53. The van der Waals surface area contributed by atoms with Crippen LogP contribution in [0.15, 0.2) is 48.5 Å². The quantitative estimate of drug-likeness (QED) is 0.652. The van der Waals surface area contributed by atoms with E-state index in [2.05, 4.69) is 5.32 Å². The van der Waals surface area contributed by atoms with Crippen LogP contribution in [0.3, 0.4) is 0 Å². The summed E-state index contributed by atoms with van der Waals surface area (Å²) in [5, 5.41) is 13.3. The molecule has 120 valence electrons. The molecule has 0 aliphatic rings. The molecule has 7 heteroatoms. The third-order valence-electron chi connectivity index (χ3n) is 3.08. The van der Waals surface area contributed by atoms with E-state index in [0.29, 0.717) is 17.9 Å². The fraction of sp³-hybridized carbons (Fsp3) is 0.188. The van der Waals surface area contributed by atoms with Crippen LogP contribution in [0.4, 0.5) is 15.8 Å². The first kappa shape index (κ1) is 16.4. The van der Waals surface area contributed by atoms with Gasteiger partial charge in [0.2, 0.25) is 0 Å². The van der Waals surface area contributed by atoms with E-state index in [9.17, 15) is 19.3 Å². The zero-order valence-electron chi connectivity index (χ0n) is 12.4. The smallest absolute Gasteiger partial charge is 0.271 e. The van der Waals surface area contributed by atoms with E-state index >= 15 is 0 Å². The lowest BCUT2D eigenvalue weighted by molar-refractivity contribution is -0.384. The lowest BCUT2D eigenvalue weighted by Gasteiger charge is -2.17. The molecule has 1 amide bonds. The van der Waals surface area contributed by atoms with Gasteiger partial charge in [0, 0.05) is 17.8 Å². The van der Waals surface area contributed by atoms with Gasteiger partial charge in [0.1, 0.15) is 11.6 Å². The SMILES string of the molecule is CC[C@@H](Oc1ccc(F)cc1)C(=O)Nc1cccc([N+](=O)[O-])c1. The maximum Gasteiger partial charge on any atom is 0.271 e. The van der Waals surface area contributed by atoms with Crippen molar-refractivity contribution in [3.05, 3.63) is 64.5 Å². The zero-order chi connectivity index (χ0) is 16.8. The molecule has 1 N–H and O–H groups in total. The van der Waals surface area contributed by atoms with E-state index in [0.717, 1.165) is 0 Å². The molecule has 1 atom stereocenters. The molecule has 0 spiro atoms. The number of carbonyl (C=O) groups excluding carboxylic acids is 1. The highest BCUT2D eigenvalue weighted by atomic mass is 19.1. The molecule has 0 aliphatic carbocycles. The Bertz CT molecular complexity index is 703. The van der Waals surface area contributed by atoms with Crippen molar-refractivity contribution >= 4 is 17.3 Å². The van der Waals surface area contributed by atoms with E-state index in [1.807, 2.05) is 0 Å². The summed E-state index contributed by atoms with van der Waals surface area (Å²) < 4.78 is 18.4. The molecular formula is C16H15FN2O4. The van der Waals surface area contributed by atoms with E-state index in [1.54, 1.807) is 13.0 Å². The van der Waals surface area contributed by atoms with Crippen molar-refractivity contribution in [2.75, 3.05) is 5.32 Å². The highest BCUT2D eigenvalue weighted by Crippen LogP contribution is 2.19. The normalized spacial score (nSPS) is 11.6. The van der Waals surface area contributed by atoms with Crippen LogP contribution < -0.4 is 10.1 Å². The minimum absolute atomic E-state index is 0.115. The molecule has 0 unspecified atom stereocenters. The van der Waals surface area contributed by atoms with Crippen molar-refractivity contribution in [3.63, 3.8) is 0 Å². The van der Waals surface area contributed by atoms with Gasteiger partial charge in [0.05, 0.1) is 4.92 Å². The highest BCUT2D eigenvalue weighted by Gasteiger charge is 2.19. The van der Waals surface area contributed by atoms with Gasteiger partial charge in [0.25, 0.3) is 11.6 Å². The average Bonchev–Trinajstić information content (AvgIpc) is 2.54. The van der Waals surface area contributed by atoms with Crippen molar-refractivity contribution in [1.82, 2.24) is 0 Å². The Hall–Kier alpha value is -2.96. The number of nitrogens with one attached hydrogen (secondary N) is 1. The maximum atomic E-state index is 12.9. The van der Waals surface area contributed by atoms with Crippen LogP contribution in [0, 0.1) is 15.9 Å². The molecule has 0 aromatic heterocycles. The van der Waals surface area contributed by atoms with Crippen molar-refractivity contribution in [2.45, 2.75) is 19.4 Å². The average molecular weight is 318 g/mol. The molecule has 0 saturated carbocycles. The number of nitro benzene ring substituents is 1. The number of carbonyl (C=O) groups is 1. The Balaban J connectivity index is 2.06. The Morgan fingerprint density at radius 2 is 2.00 bits per heavy atom. The molecule has 2 rings (SSSR count). The number of ether oxygens (including phenoxy) is 1. The molecule has 0 heterocycles. The second-order valence-electron chi connectivity index (χ2n) is 4.77. The summed E-state index contributed by atoms with van der Waals surface area (Å²) in [7, 11) is 0. The summed E-state index contributed by atoms with van der Waals surface area (Å²) in [6, 6.07) is 11.0. The molecule has 0 aliphatic heterocycles. The number of hydrogen-bond acceptors (Lipinski definition) is 4. The van der Waals surface area contributed by atoms with Gasteiger partial charge in [-0.15, -0.1) is 0 Å². The Kier molecular flexibility index (Phi) is 5.24. The largest absolute Gasteiger partial charge is 0.481 e. The minimum atomic E-state index is -0.792. The lowest BCUT2D eigenvalue weighted by atomic mass is 10.2. The summed E-state index contributed by atoms with van der Waals surface area (Å²) in [6.45, 7) is 1.77. The number of hydrogen-bond donors (Lipinski definition) is 1. The summed E-state index contributed by atoms with van der Waals surface area (Å²) in [5.74, 6) is -0.462. The molecular weight excluding hydrogens is 303 g/mol. The Morgan fingerprint density at radius 1 is 1.30 bits per heavy atom. The molecule has 2 aromatic rings. The third-order valence-corrected chi connectivity index (χ3v) is 3.08. The standard InChI is InChI=1S/C16H15FN2O4/c1-2-15(23-14-8-6-11(17)7-9-14)16(20)18-12-4-3-5-13(10-12)19(21)22/h3-10,15H,2H2,1H3,(H,18,20)/t15-/m1/s1. The number of non-ortho nitro benzene ring substituents is 1. The van der Waals surface area contributed by atoms with Gasteiger partial charge in [-0.3, -0.25) is 14.9 Å². The van der Waals surface area contributed by atoms with Crippen LogP contribution in [0.1, 0.15) is 13.3 Å². The van der Waals surface area contributed by atoms with Gasteiger partial charge in [0.15, 0.2) is 6.10 Å². The molecule has 0 bridgehead atoms. The molecule has 0 saturated heterocycles. The third kappa shape index (κ3) is 4.50. The van der Waals surface area contributed by atoms with Gasteiger partial charge in [-0.1, -0.05) is 13.0 Å². The van der Waals surface area contributed by atoms with Crippen LogP contribution in [-0.4, -0.2) is 16.9 Å². The van der Waals surface area contributed by atoms with Gasteiger partial charge in [-0.2, -0.15) is 0 Å². The number of benzene rings is 2. The van der Waals surface area contributed by atoms with E-state index in [4.69, 9.17) is 4.74 Å². The van der Waals surface area contributed by atoms with Crippen molar-refractivity contribution < 1.29 is 18.8 Å². The Morgan fingerprint density at radius 3 is 2.61 bits per heavy atom. The zero-order valence-corrected chi connectivity index (χ0v) is 12.4. The molecule has 6 nitrogen and oxygen atoms in total. The van der Waals surface area contributed by atoms with Gasteiger partial charge in [-0.25, -0.2) is 4.39 Å². The fourth-order valence-electron chi connectivity index (χ4n) is 1.92. The monoisotopic (exact) mass is 318 g/mol. The summed E-state index contributed by atoms with van der Waals surface area (Å²) >= 11 is 0. The van der Waals surface area contributed by atoms with Crippen LogP contribution in [0.2, 0.25) is 0 Å². The van der Waals surface area contributed by atoms with E-state index in [-0.39, 0.29) is 5.69 Å². The van der Waals surface area contributed by atoms with E-state index < -0.39 is 22.8 Å². The van der Waals surface area contributed by atoms with Crippen LogP contribution in [0.25, 0.3) is 0 Å². The molecule has 0 fully saturated rings. The number of anilines is 1. The number of halogens is 1. The highest BCUT2D eigenvalue weighted by molar-refractivity contribution is 5.94. The van der Waals surface area contributed by atoms with Crippen LogP contribution in [0.5, 0.6) is 5.75 Å². The van der Waals surface area contributed by atoms with Crippen molar-refractivity contribution in [2.24, 2.45) is 0 Å². The molecule has 2 aromatic carbocycles. The number of nitro groups is 1.